The molecule has 0 unspecified atom stereocenters. The summed E-state index contributed by atoms with van der Waals surface area (Å²) in [5.41, 5.74) is 2.38. The van der Waals surface area contributed by atoms with Crippen LogP contribution in [-0.4, -0.2) is 47.0 Å². The Hall–Kier alpha value is -2.63. The summed E-state index contributed by atoms with van der Waals surface area (Å²) < 4.78 is 0. The van der Waals surface area contributed by atoms with Crippen molar-refractivity contribution < 1.29 is 4.79 Å². The minimum Gasteiger partial charge on any atom is -0.353 e. The van der Waals surface area contributed by atoms with Crippen molar-refractivity contribution in [2.45, 2.75) is 0 Å². The van der Waals surface area contributed by atoms with Gasteiger partial charge >= 0.3 is 0 Å². The third-order valence-electron chi connectivity index (χ3n) is 4.77. The van der Waals surface area contributed by atoms with Crippen LogP contribution < -0.4 is 4.90 Å². The maximum absolute atomic E-state index is 12.8. The van der Waals surface area contributed by atoms with Crippen LogP contribution in [0.4, 0.5) is 5.82 Å². The van der Waals surface area contributed by atoms with Crippen molar-refractivity contribution in [1.82, 2.24) is 14.9 Å². The van der Waals surface area contributed by atoms with Crippen LogP contribution in [0.5, 0.6) is 0 Å². The zero-order valence-electron chi connectivity index (χ0n) is 15.1. The van der Waals surface area contributed by atoms with Gasteiger partial charge in [0.2, 0.25) is 0 Å². The molecule has 1 amide bonds. The number of hydrogen-bond donors (Lipinski definition) is 0. The lowest BCUT2D eigenvalue weighted by Gasteiger charge is -2.35. The first kappa shape index (κ1) is 18.7. The molecule has 0 bridgehead atoms. The van der Waals surface area contributed by atoms with E-state index in [2.05, 4.69) is 14.9 Å². The predicted molar refractivity (Wildman–Crippen MR) is 112 cm³/mol. The van der Waals surface area contributed by atoms with E-state index in [1.807, 2.05) is 36.4 Å². The van der Waals surface area contributed by atoms with E-state index in [1.54, 1.807) is 29.4 Å². The number of aromatic nitrogens is 2. The van der Waals surface area contributed by atoms with Crippen LogP contribution in [0.1, 0.15) is 10.4 Å². The molecule has 3 aromatic rings. The number of carbonyl (C=O) groups is 1. The highest BCUT2D eigenvalue weighted by atomic mass is 35.5. The molecule has 0 aliphatic carbocycles. The van der Waals surface area contributed by atoms with Crippen molar-refractivity contribution in [3.8, 4) is 11.3 Å². The van der Waals surface area contributed by atoms with Crippen molar-refractivity contribution in [3.63, 3.8) is 0 Å². The fourth-order valence-corrected chi connectivity index (χ4v) is 3.63. The van der Waals surface area contributed by atoms with E-state index in [-0.39, 0.29) is 5.91 Å². The van der Waals surface area contributed by atoms with Gasteiger partial charge in [-0.15, -0.1) is 0 Å². The molecule has 0 atom stereocenters. The number of rotatable bonds is 3. The minimum atomic E-state index is -0.0974. The highest BCUT2D eigenvalue weighted by Gasteiger charge is 2.24. The first-order valence-corrected chi connectivity index (χ1v) is 9.74. The number of anilines is 1. The molecule has 1 aliphatic heterocycles. The molecule has 1 saturated heterocycles. The lowest BCUT2D eigenvalue weighted by atomic mass is 10.1. The molecular weight excluding hydrogens is 395 g/mol. The van der Waals surface area contributed by atoms with Gasteiger partial charge in [-0.3, -0.25) is 4.79 Å². The number of hydrogen-bond acceptors (Lipinski definition) is 4. The van der Waals surface area contributed by atoms with E-state index in [0.29, 0.717) is 41.8 Å². The topological polar surface area (TPSA) is 49.3 Å². The van der Waals surface area contributed by atoms with E-state index in [9.17, 15) is 4.79 Å². The van der Waals surface area contributed by atoms with Gasteiger partial charge in [-0.05, 0) is 18.2 Å². The third-order valence-corrected chi connectivity index (χ3v) is 5.34. The average Bonchev–Trinajstić information content (AvgIpc) is 2.76. The van der Waals surface area contributed by atoms with Crippen LogP contribution in [0, 0.1) is 0 Å². The van der Waals surface area contributed by atoms with Crippen LogP contribution in [-0.2, 0) is 0 Å². The van der Waals surface area contributed by atoms with Gasteiger partial charge in [0.05, 0.1) is 16.3 Å². The number of benzene rings is 2. The minimum absolute atomic E-state index is 0.0974. The molecule has 142 valence electrons. The summed E-state index contributed by atoms with van der Waals surface area (Å²) in [5, 5.41) is 0.918. The molecule has 7 heteroatoms. The van der Waals surface area contributed by atoms with Crippen LogP contribution in [0.3, 0.4) is 0 Å². The number of amides is 1. The highest BCUT2D eigenvalue weighted by molar-refractivity contribution is 6.35. The van der Waals surface area contributed by atoms with E-state index in [0.717, 1.165) is 17.1 Å². The molecule has 1 aliphatic rings. The summed E-state index contributed by atoms with van der Waals surface area (Å²) in [7, 11) is 0. The normalized spacial score (nSPS) is 14.2. The average molecular weight is 413 g/mol. The molecule has 0 N–H and O–H groups in total. The second-order valence-electron chi connectivity index (χ2n) is 6.53. The SMILES string of the molecule is O=C(c1cc(Cl)ccc1Cl)N1CCN(c2cc(-c3ccccc3)ncn2)CC1. The van der Waals surface area contributed by atoms with Crippen molar-refractivity contribution in [1.29, 1.82) is 0 Å². The monoisotopic (exact) mass is 412 g/mol. The first-order chi connectivity index (χ1) is 13.6. The van der Waals surface area contributed by atoms with E-state index < -0.39 is 0 Å². The molecule has 1 aromatic heterocycles. The van der Waals surface area contributed by atoms with E-state index >= 15 is 0 Å². The Morgan fingerprint density at radius 1 is 0.893 bits per heavy atom. The highest BCUT2D eigenvalue weighted by Crippen LogP contribution is 2.24. The molecule has 4 rings (SSSR count). The van der Waals surface area contributed by atoms with Gasteiger partial charge in [0.25, 0.3) is 5.91 Å². The van der Waals surface area contributed by atoms with Gasteiger partial charge < -0.3 is 9.80 Å². The Labute approximate surface area is 173 Å². The molecule has 28 heavy (non-hydrogen) atoms. The predicted octanol–water partition coefficient (Wildman–Crippen LogP) is 4.41. The Morgan fingerprint density at radius 2 is 1.64 bits per heavy atom. The van der Waals surface area contributed by atoms with Crippen molar-refractivity contribution >= 4 is 34.9 Å². The van der Waals surface area contributed by atoms with Gasteiger partial charge in [-0.25, -0.2) is 9.97 Å². The zero-order valence-corrected chi connectivity index (χ0v) is 16.6. The van der Waals surface area contributed by atoms with E-state index in [4.69, 9.17) is 23.2 Å². The quantitative estimate of drug-likeness (QED) is 0.638. The Bertz CT molecular complexity index is 989. The van der Waals surface area contributed by atoms with Crippen LogP contribution in [0.2, 0.25) is 10.0 Å². The van der Waals surface area contributed by atoms with Gasteiger partial charge in [-0.2, -0.15) is 0 Å². The lowest BCUT2D eigenvalue weighted by molar-refractivity contribution is 0.0746. The van der Waals surface area contributed by atoms with Crippen molar-refractivity contribution in [3.05, 3.63) is 76.5 Å². The fraction of sp³-hybridized carbons (Fsp3) is 0.190. The third kappa shape index (κ3) is 3.96. The van der Waals surface area contributed by atoms with Gasteiger partial charge in [0.15, 0.2) is 0 Å². The molecular formula is C21H18Cl2N4O. The number of halogens is 2. The van der Waals surface area contributed by atoms with Gasteiger partial charge in [0, 0.05) is 42.8 Å². The largest absolute Gasteiger partial charge is 0.353 e. The molecule has 5 nitrogen and oxygen atoms in total. The summed E-state index contributed by atoms with van der Waals surface area (Å²) in [6, 6.07) is 16.9. The summed E-state index contributed by atoms with van der Waals surface area (Å²) in [4.78, 5) is 25.5. The summed E-state index contributed by atoms with van der Waals surface area (Å²) in [6.07, 6.45) is 1.58. The molecule has 1 fully saturated rings. The number of carbonyl (C=O) groups excluding carboxylic acids is 1. The number of piperazine rings is 1. The first-order valence-electron chi connectivity index (χ1n) is 8.98. The second kappa shape index (κ2) is 8.17. The Balaban J connectivity index is 1.46. The van der Waals surface area contributed by atoms with E-state index in [1.165, 1.54) is 0 Å². The smallest absolute Gasteiger partial charge is 0.255 e. The molecule has 0 spiro atoms. The van der Waals surface area contributed by atoms with Crippen molar-refractivity contribution in [2.24, 2.45) is 0 Å². The molecule has 2 aromatic carbocycles. The van der Waals surface area contributed by atoms with Crippen LogP contribution >= 0.6 is 23.2 Å². The zero-order chi connectivity index (χ0) is 19.5. The summed E-state index contributed by atoms with van der Waals surface area (Å²) in [6.45, 7) is 2.56. The van der Waals surface area contributed by atoms with Crippen LogP contribution in [0.25, 0.3) is 11.3 Å². The second-order valence-corrected chi connectivity index (χ2v) is 7.37. The van der Waals surface area contributed by atoms with Gasteiger partial charge in [0.1, 0.15) is 12.1 Å². The Morgan fingerprint density at radius 3 is 2.39 bits per heavy atom. The molecule has 2 heterocycles. The lowest BCUT2D eigenvalue weighted by Crippen LogP contribution is -2.49. The standard InChI is InChI=1S/C21H18Cl2N4O/c22-16-6-7-18(23)17(12-16)21(28)27-10-8-26(9-11-27)20-13-19(24-14-25-20)15-4-2-1-3-5-15/h1-7,12-14H,8-11H2. The molecule has 0 saturated carbocycles. The molecule has 0 radical (unpaired) electrons. The van der Waals surface area contributed by atoms with Crippen LogP contribution in [0.15, 0.2) is 60.9 Å². The number of nitrogens with zero attached hydrogens (tertiary/aromatic N) is 4. The maximum Gasteiger partial charge on any atom is 0.255 e. The Kier molecular flexibility index (Phi) is 5.46. The fourth-order valence-electron chi connectivity index (χ4n) is 3.26. The van der Waals surface area contributed by atoms with Crippen molar-refractivity contribution in [2.75, 3.05) is 31.1 Å². The summed E-state index contributed by atoms with van der Waals surface area (Å²) in [5.74, 6) is 0.765. The van der Waals surface area contributed by atoms with Gasteiger partial charge in [-0.1, -0.05) is 53.5 Å². The maximum atomic E-state index is 12.8. The summed E-state index contributed by atoms with van der Waals surface area (Å²) >= 11 is 12.2.